The van der Waals surface area contributed by atoms with Gasteiger partial charge in [0.1, 0.15) is 6.61 Å². The lowest BCUT2D eigenvalue weighted by molar-refractivity contribution is -0.140. The van der Waals surface area contributed by atoms with Crippen molar-refractivity contribution in [1.82, 2.24) is 5.32 Å². The molecule has 2 heterocycles. The number of amides is 1. The highest BCUT2D eigenvalue weighted by Gasteiger charge is 2.41. The van der Waals surface area contributed by atoms with E-state index in [0.29, 0.717) is 18.8 Å². The van der Waals surface area contributed by atoms with Crippen molar-refractivity contribution < 1.29 is 22.7 Å². The van der Waals surface area contributed by atoms with Crippen molar-refractivity contribution >= 4 is 11.6 Å². The molecule has 1 aromatic carbocycles. The fourth-order valence-electron chi connectivity index (χ4n) is 2.98. The predicted molar refractivity (Wildman–Crippen MR) is 74.6 cm³/mol. The zero-order chi connectivity index (χ0) is 15.8. The highest BCUT2D eigenvalue weighted by molar-refractivity contribution is 5.95. The predicted octanol–water partition coefficient (Wildman–Crippen LogP) is 2.19. The van der Waals surface area contributed by atoms with E-state index >= 15 is 0 Å². The Hall–Kier alpha value is -1.60. The molecule has 7 heteroatoms. The second-order valence-corrected chi connectivity index (χ2v) is 5.78. The SMILES string of the molecule is O=C1COC2(CCCNC2)CN1c1ccc(C(F)(F)F)cc1. The molecule has 4 nitrogen and oxygen atoms in total. The van der Waals surface area contributed by atoms with E-state index in [1.807, 2.05) is 0 Å². The molecule has 1 amide bonds. The minimum atomic E-state index is -4.37. The molecule has 0 saturated carbocycles. The van der Waals surface area contributed by atoms with Crippen LogP contribution in [-0.4, -0.2) is 37.7 Å². The van der Waals surface area contributed by atoms with Gasteiger partial charge in [-0.1, -0.05) is 0 Å². The maximum Gasteiger partial charge on any atom is 0.416 e. The van der Waals surface area contributed by atoms with E-state index in [-0.39, 0.29) is 12.5 Å². The minimum Gasteiger partial charge on any atom is -0.362 e. The zero-order valence-electron chi connectivity index (χ0n) is 11.9. The number of ether oxygens (including phenoxy) is 1. The third-order valence-electron chi connectivity index (χ3n) is 4.19. The lowest BCUT2D eigenvalue weighted by Gasteiger charge is -2.44. The van der Waals surface area contributed by atoms with E-state index < -0.39 is 17.3 Å². The maximum atomic E-state index is 12.6. The van der Waals surface area contributed by atoms with E-state index in [0.717, 1.165) is 31.5 Å². The Labute approximate surface area is 126 Å². The van der Waals surface area contributed by atoms with Gasteiger partial charge in [0.25, 0.3) is 5.91 Å². The molecule has 2 aliphatic rings. The van der Waals surface area contributed by atoms with Crippen molar-refractivity contribution in [3.05, 3.63) is 29.8 Å². The van der Waals surface area contributed by atoms with Crippen molar-refractivity contribution in [3.8, 4) is 0 Å². The number of nitrogens with zero attached hydrogens (tertiary/aromatic N) is 1. The summed E-state index contributed by atoms with van der Waals surface area (Å²) in [7, 11) is 0. The molecule has 0 radical (unpaired) electrons. The van der Waals surface area contributed by atoms with E-state index in [2.05, 4.69) is 5.32 Å². The van der Waals surface area contributed by atoms with Crippen molar-refractivity contribution in [2.45, 2.75) is 24.6 Å². The number of nitrogens with one attached hydrogen (secondary N) is 1. The molecule has 0 bridgehead atoms. The third kappa shape index (κ3) is 2.96. The molecule has 1 N–H and O–H groups in total. The minimum absolute atomic E-state index is 0.0390. The fourth-order valence-corrected chi connectivity index (χ4v) is 2.98. The van der Waals surface area contributed by atoms with Crippen LogP contribution in [0.1, 0.15) is 18.4 Å². The van der Waals surface area contributed by atoms with Crippen LogP contribution in [0.3, 0.4) is 0 Å². The molecule has 3 rings (SSSR count). The molecule has 2 fully saturated rings. The van der Waals surface area contributed by atoms with Gasteiger partial charge in [0, 0.05) is 12.2 Å². The van der Waals surface area contributed by atoms with Gasteiger partial charge in [-0.05, 0) is 43.7 Å². The Morgan fingerprint density at radius 2 is 1.95 bits per heavy atom. The van der Waals surface area contributed by atoms with E-state index in [9.17, 15) is 18.0 Å². The first-order chi connectivity index (χ1) is 10.4. The van der Waals surface area contributed by atoms with Crippen molar-refractivity contribution in [2.75, 3.05) is 31.1 Å². The first-order valence-electron chi connectivity index (χ1n) is 7.22. The van der Waals surface area contributed by atoms with Crippen LogP contribution in [0.25, 0.3) is 0 Å². The molecule has 0 aromatic heterocycles. The average molecular weight is 314 g/mol. The molecule has 0 aliphatic carbocycles. The quantitative estimate of drug-likeness (QED) is 0.864. The number of anilines is 1. The second kappa shape index (κ2) is 5.55. The van der Waals surface area contributed by atoms with Gasteiger partial charge in [0.05, 0.1) is 17.7 Å². The van der Waals surface area contributed by atoms with E-state index in [1.165, 1.54) is 17.0 Å². The number of hydrogen-bond acceptors (Lipinski definition) is 3. The molecule has 2 saturated heterocycles. The maximum absolute atomic E-state index is 12.6. The number of halogens is 3. The van der Waals surface area contributed by atoms with E-state index in [4.69, 9.17) is 4.74 Å². The summed E-state index contributed by atoms with van der Waals surface area (Å²) in [5.41, 5.74) is -0.674. The summed E-state index contributed by atoms with van der Waals surface area (Å²) in [4.78, 5) is 13.6. The van der Waals surface area contributed by atoms with Crippen LogP contribution in [0.5, 0.6) is 0 Å². The number of morpholine rings is 1. The molecule has 120 valence electrons. The number of carbonyl (C=O) groups is 1. The number of hydrogen-bond donors (Lipinski definition) is 1. The Bertz CT molecular complexity index is 551. The molecule has 2 aliphatic heterocycles. The highest BCUT2D eigenvalue weighted by Crippen LogP contribution is 2.33. The molecular weight excluding hydrogens is 297 g/mol. The highest BCUT2D eigenvalue weighted by atomic mass is 19.4. The smallest absolute Gasteiger partial charge is 0.362 e. The topological polar surface area (TPSA) is 41.6 Å². The van der Waals surface area contributed by atoms with Gasteiger partial charge in [0.15, 0.2) is 0 Å². The second-order valence-electron chi connectivity index (χ2n) is 5.78. The van der Waals surface area contributed by atoms with Crippen LogP contribution in [0.15, 0.2) is 24.3 Å². The van der Waals surface area contributed by atoms with Crippen LogP contribution >= 0.6 is 0 Å². The Morgan fingerprint density at radius 1 is 1.23 bits per heavy atom. The molecular formula is C15H17F3N2O2. The first-order valence-corrected chi connectivity index (χ1v) is 7.22. The van der Waals surface area contributed by atoms with E-state index in [1.54, 1.807) is 0 Å². The Kier molecular flexibility index (Phi) is 3.86. The lowest BCUT2D eigenvalue weighted by atomic mass is 9.91. The Balaban J connectivity index is 1.81. The fraction of sp³-hybridized carbons (Fsp3) is 0.533. The summed E-state index contributed by atoms with van der Waals surface area (Å²) in [5.74, 6) is -0.226. The normalized spacial score (nSPS) is 26.5. The zero-order valence-corrected chi connectivity index (χ0v) is 11.9. The third-order valence-corrected chi connectivity index (χ3v) is 4.19. The number of alkyl halides is 3. The molecule has 1 atom stereocenters. The number of benzene rings is 1. The summed E-state index contributed by atoms with van der Waals surface area (Å²) >= 11 is 0. The number of rotatable bonds is 1. The molecule has 1 spiro atoms. The lowest BCUT2D eigenvalue weighted by Crippen LogP contribution is -2.60. The van der Waals surface area contributed by atoms with Gasteiger partial charge in [-0.2, -0.15) is 13.2 Å². The average Bonchev–Trinajstić information content (AvgIpc) is 2.50. The summed E-state index contributed by atoms with van der Waals surface area (Å²) < 4.78 is 43.6. The van der Waals surface area contributed by atoms with Crippen molar-refractivity contribution in [3.63, 3.8) is 0 Å². The largest absolute Gasteiger partial charge is 0.416 e. The van der Waals surface area contributed by atoms with Crippen LogP contribution < -0.4 is 10.2 Å². The number of piperidine rings is 1. The molecule has 1 aromatic rings. The summed E-state index contributed by atoms with van der Waals surface area (Å²) in [6, 6.07) is 4.69. The van der Waals surface area contributed by atoms with Crippen molar-refractivity contribution in [2.24, 2.45) is 0 Å². The van der Waals surface area contributed by atoms with Gasteiger partial charge < -0.3 is 15.0 Å². The summed E-state index contributed by atoms with van der Waals surface area (Å²) in [6.45, 7) is 1.89. The van der Waals surface area contributed by atoms with Gasteiger partial charge in [-0.3, -0.25) is 4.79 Å². The van der Waals surface area contributed by atoms with Crippen LogP contribution in [0.2, 0.25) is 0 Å². The van der Waals surface area contributed by atoms with Crippen LogP contribution in [0.4, 0.5) is 18.9 Å². The Morgan fingerprint density at radius 3 is 2.55 bits per heavy atom. The van der Waals surface area contributed by atoms with Gasteiger partial charge in [-0.25, -0.2) is 0 Å². The van der Waals surface area contributed by atoms with Crippen LogP contribution in [0, 0.1) is 0 Å². The van der Waals surface area contributed by atoms with Gasteiger partial charge in [0.2, 0.25) is 0 Å². The first kappa shape index (κ1) is 15.3. The standard InChI is InChI=1S/C15H17F3N2O2/c16-15(17,18)11-2-4-12(5-3-11)20-10-14(22-8-13(20)21)6-1-7-19-9-14/h2-5,19H,1,6-10H2. The summed E-state index contributed by atoms with van der Waals surface area (Å²) in [5, 5.41) is 3.25. The molecule has 22 heavy (non-hydrogen) atoms. The van der Waals surface area contributed by atoms with Crippen molar-refractivity contribution in [1.29, 1.82) is 0 Å². The molecule has 1 unspecified atom stereocenters. The number of carbonyl (C=O) groups excluding carboxylic acids is 1. The monoisotopic (exact) mass is 314 g/mol. The summed E-state index contributed by atoms with van der Waals surface area (Å²) in [6.07, 6.45) is -2.58. The van der Waals surface area contributed by atoms with Gasteiger partial charge in [-0.15, -0.1) is 0 Å². The van der Waals surface area contributed by atoms with Crippen LogP contribution in [-0.2, 0) is 15.7 Å². The van der Waals surface area contributed by atoms with Gasteiger partial charge >= 0.3 is 6.18 Å².